The van der Waals surface area contributed by atoms with Crippen LogP contribution in [0.5, 0.6) is 0 Å². The van der Waals surface area contributed by atoms with Crippen molar-refractivity contribution in [2.75, 3.05) is 11.9 Å². The molecule has 0 spiro atoms. The zero-order valence-corrected chi connectivity index (χ0v) is 17.0. The second kappa shape index (κ2) is 6.95. The quantitative estimate of drug-likeness (QED) is 0.549. The van der Waals surface area contributed by atoms with E-state index in [1.54, 1.807) is 6.20 Å². The van der Waals surface area contributed by atoms with E-state index in [2.05, 4.69) is 67.9 Å². The Morgan fingerprint density at radius 2 is 1.90 bits per heavy atom. The standard InChI is InChI=1S/C23H25N7/c1-29(17-13-15-3-4-16(14-17)26-15)22-8-6-20(27-28-22)18-5-7-21(30-12-2-10-25-30)19-9-11-24-23(18)19/h2,5-12,15-17,24,26H,3-4,13-14H2,1H3/t15-,16+,17+. The van der Waals surface area contributed by atoms with Crippen molar-refractivity contribution < 1.29 is 0 Å². The molecule has 2 bridgehead atoms. The molecule has 0 radical (unpaired) electrons. The highest BCUT2D eigenvalue weighted by atomic mass is 15.3. The van der Waals surface area contributed by atoms with Gasteiger partial charge in [-0.3, -0.25) is 0 Å². The van der Waals surface area contributed by atoms with Gasteiger partial charge in [0.25, 0.3) is 0 Å². The van der Waals surface area contributed by atoms with Crippen molar-refractivity contribution in [3.63, 3.8) is 0 Å². The molecule has 6 rings (SSSR count). The van der Waals surface area contributed by atoms with Crippen molar-refractivity contribution in [2.24, 2.45) is 0 Å². The van der Waals surface area contributed by atoms with E-state index in [-0.39, 0.29) is 0 Å². The number of rotatable bonds is 4. The number of anilines is 1. The maximum atomic E-state index is 4.59. The second-order valence-corrected chi connectivity index (χ2v) is 8.50. The second-order valence-electron chi connectivity index (χ2n) is 8.50. The topological polar surface area (TPSA) is 74.7 Å². The highest BCUT2D eigenvalue weighted by molar-refractivity contribution is 5.98. The van der Waals surface area contributed by atoms with E-state index < -0.39 is 0 Å². The van der Waals surface area contributed by atoms with Crippen LogP contribution in [0.4, 0.5) is 5.82 Å². The molecular formula is C23H25N7. The molecule has 0 saturated carbocycles. The Kier molecular flexibility index (Phi) is 4.09. The van der Waals surface area contributed by atoms with Crippen molar-refractivity contribution in [1.29, 1.82) is 0 Å². The van der Waals surface area contributed by atoms with Gasteiger partial charge in [-0.15, -0.1) is 10.2 Å². The van der Waals surface area contributed by atoms with Gasteiger partial charge in [-0.1, -0.05) is 0 Å². The molecule has 3 atom stereocenters. The Hall–Kier alpha value is -3.19. The highest BCUT2D eigenvalue weighted by Crippen LogP contribution is 2.33. The maximum absolute atomic E-state index is 4.59. The van der Waals surface area contributed by atoms with Gasteiger partial charge in [-0.2, -0.15) is 5.10 Å². The fourth-order valence-corrected chi connectivity index (χ4v) is 5.15. The lowest BCUT2D eigenvalue weighted by Crippen LogP contribution is -2.47. The highest BCUT2D eigenvalue weighted by Gasteiger charge is 2.35. The zero-order chi connectivity index (χ0) is 20.1. The van der Waals surface area contributed by atoms with Crippen molar-refractivity contribution in [2.45, 2.75) is 43.8 Å². The molecule has 7 heteroatoms. The molecule has 0 unspecified atom stereocenters. The molecule has 2 aliphatic heterocycles. The monoisotopic (exact) mass is 399 g/mol. The molecule has 2 fully saturated rings. The Labute approximate surface area is 175 Å². The van der Waals surface area contributed by atoms with Gasteiger partial charge in [0.15, 0.2) is 5.82 Å². The number of aromatic nitrogens is 5. The molecule has 0 aliphatic carbocycles. The third kappa shape index (κ3) is 2.89. The van der Waals surface area contributed by atoms with Crippen LogP contribution < -0.4 is 10.2 Å². The molecule has 30 heavy (non-hydrogen) atoms. The Bertz CT molecular complexity index is 1150. The molecule has 4 aromatic rings. The van der Waals surface area contributed by atoms with Crippen LogP contribution in [0, 0.1) is 0 Å². The summed E-state index contributed by atoms with van der Waals surface area (Å²) in [7, 11) is 2.15. The van der Waals surface area contributed by atoms with Crippen LogP contribution >= 0.6 is 0 Å². The Morgan fingerprint density at radius 1 is 1.03 bits per heavy atom. The number of nitrogens with zero attached hydrogens (tertiary/aromatic N) is 5. The number of benzene rings is 1. The molecule has 3 aromatic heterocycles. The molecule has 0 amide bonds. The lowest BCUT2D eigenvalue weighted by Gasteiger charge is -2.36. The lowest BCUT2D eigenvalue weighted by atomic mass is 9.98. The average Bonchev–Trinajstić information content (AvgIpc) is 3.54. The van der Waals surface area contributed by atoms with Crippen LogP contribution in [0.15, 0.2) is 55.0 Å². The summed E-state index contributed by atoms with van der Waals surface area (Å²) in [5.41, 5.74) is 4.02. The fourth-order valence-electron chi connectivity index (χ4n) is 5.15. The first-order valence-corrected chi connectivity index (χ1v) is 10.7. The van der Waals surface area contributed by atoms with Crippen molar-refractivity contribution >= 4 is 16.7 Å². The van der Waals surface area contributed by atoms with Crippen LogP contribution in [0.3, 0.4) is 0 Å². The minimum Gasteiger partial charge on any atom is -0.361 e. The van der Waals surface area contributed by atoms with Gasteiger partial charge in [0.05, 0.1) is 16.9 Å². The van der Waals surface area contributed by atoms with Crippen LogP contribution in [0.25, 0.3) is 27.8 Å². The fraction of sp³-hybridized carbons (Fsp3) is 0.348. The number of hydrogen-bond donors (Lipinski definition) is 2. The van der Waals surface area contributed by atoms with Crippen LogP contribution in [0.2, 0.25) is 0 Å². The van der Waals surface area contributed by atoms with Gasteiger partial charge in [-0.05, 0) is 62.1 Å². The summed E-state index contributed by atoms with van der Waals surface area (Å²) >= 11 is 0. The summed E-state index contributed by atoms with van der Waals surface area (Å²) in [5, 5.41) is 18.4. The largest absolute Gasteiger partial charge is 0.361 e. The normalized spacial score (nSPS) is 23.2. The molecule has 2 N–H and O–H groups in total. The molecule has 152 valence electrons. The molecule has 1 aromatic carbocycles. The zero-order valence-electron chi connectivity index (χ0n) is 17.0. The van der Waals surface area contributed by atoms with Gasteiger partial charge in [-0.25, -0.2) is 4.68 Å². The first-order valence-electron chi connectivity index (χ1n) is 10.7. The Morgan fingerprint density at radius 3 is 2.63 bits per heavy atom. The molecule has 2 aliphatic rings. The summed E-state index contributed by atoms with van der Waals surface area (Å²) < 4.78 is 1.88. The third-order valence-electron chi connectivity index (χ3n) is 6.74. The van der Waals surface area contributed by atoms with Crippen LogP contribution in [-0.4, -0.2) is 50.1 Å². The average molecular weight is 400 g/mol. The van der Waals surface area contributed by atoms with Crippen LogP contribution in [-0.2, 0) is 0 Å². The van der Waals surface area contributed by atoms with Gasteiger partial charge < -0.3 is 15.2 Å². The molecular weight excluding hydrogens is 374 g/mol. The van der Waals surface area contributed by atoms with Gasteiger partial charge in [0, 0.05) is 54.7 Å². The van der Waals surface area contributed by atoms with Crippen molar-refractivity contribution in [1.82, 2.24) is 30.3 Å². The number of aromatic amines is 1. The van der Waals surface area contributed by atoms with E-state index in [1.165, 1.54) is 25.7 Å². The number of H-pyrrole nitrogens is 1. The SMILES string of the molecule is CN(c1ccc(-c2ccc(-n3cccn3)c3cc[nH]c23)nn1)[C@H]1C[C@H]2CC[C@@H](C1)N2. The molecule has 2 saturated heterocycles. The Balaban J connectivity index is 1.30. The van der Waals surface area contributed by atoms with E-state index >= 15 is 0 Å². The van der Waals surface area contributed by atoms with Crippen molar-refractivity contribution in [3.8, 4) is 16.9 Å². The first kappa shape index (κ1) is 17.7. The summed E-state index contributed by atoms with van der Waals surface area (Å²) in [6.07, 6.45) is 10.7. The number of nitrogens with one attached hydrogen (secondary N) is 2. The summed E-state index contributed by atoms with van der Waals surface area (Å²) in [6, 6.07) is 14.2. The lowest BCUT2D eigenvalue weighted by molar-refractivity contribution is 0.353. The van der Waals surface area contributed by atoms with Gasteiger partial charge in [0.1, 0.15) is 0 Å². The van der Waals surface area contributed by atoms with E-state index in [9.17, 15) is 0 Å². The molecule has 7 nitrogen and oxygen atoms in total. The van der Waals surface area contributed by atoms with Gasteiger partial charge >= 0.3 is 0 Å². The van der Waals surface area contributed by atoms with E-state index in [0.717, 1.165) is 33.7 Å². The van der Waals surface area contributed by atoms with E-state index in [0.29, 0.717) is 18.1 Å². The summed E-state index contributed by atoms with van der Waals surface area (Å²) in [5.74, 6) is 0.945. The smallest absolute Gasteiger partial charge is 0.151 e. The minimum atomic E-state index is 0.535. The third-order valence-corrected chi connectivity index (χ3v) is 6.74. The summed E-state index contributed by atoms with van der Waals surface area (Å²) in [6.45, 7) is 0. The van der Waals surface area contributed by atoms with E-state index in [4.69, 9.17) is 0 Å². The minimum absolute atomic E-state index is 0.535. The predicted octanol–water partition coefficient (Wildman–Crippen LogP) is 3.53. The first-order chi connectivity index (χ1) is 14.8. The van der Waals surface area contributed by atoms with Crippen molar-refractivity contribution in [3.05, 3.63) is 55.0 Å². The number of hydrogen-bond acceptors (Lipinski definition) is 5. The number of piperidine rings is 1. The molecule has 5 heterocycles. The predicted molar refractivity (Wildman–Crippen MR) is 118 cm³/mol. The van der Waals surface area contributed by atoms with Gasteiger partial charge in [0.2, 0.25) is 0 Å². The van der Waals surface area contributed by atoms with Crippen LogP contribution in [0.1, 0.15) is 25.7 Å². The van der Waals surface area contributed by atoms with E-state index in [1.807, 2.05) is 23.1 Å². The maximum Gasteiger partial charge on any atom is 0.151 e. The summed E-state index contributed by atoms with van der Waals surface area (Å²) in [4.78, 5) is 5.68. The number of fused-ring (bicyclic) bond motifs is 3.